The number of ether oxygens (including phenoxy) is 1. The predicted molar refractivity (Wildman–Crippen MR) is 189 cm³/mol. The van der Waals surface area contributed by atoms with E-state index in [0.717, 1.165) is 60.1 Å². The Kier molecular flexibility index (Phi) is 7.85. The maximum Gasteiger partial charge on any atom is 0.410 e. The number of likely N-dealkylation sites (tertiary alicyclic amines) is 2. The first-order valence-electron chi connectivity index (χ1n) is 18.3. The van der Waals surface area contributed by atoms with Crippen LogP contribution in [0.4, 0.5) is 19.3 Å². The largest absolute Gasteiger partial charge is 0.444 e. The van der Waals surface area contributed by atoms with Crippen LogP contribution < -0.4 is 4.90 Å². The van der Waals surface area contributed by atoms with Crippen LogP contribution in [-0.2, 0) is 14.9 Å². The fraction of sp³-hybridized carbons (Fsp3) is 0.632. The van der Waals surface area contributed by atoms with Gasteiger partial charge in [0.2, 0.25) is 5.91 Å². The Hall–Kier alpha value is -3.31. The van der Waals surface area contributed by atoms with Gasteiger partial charge in [-0.25, -0.2) is 23.5 Å². The summed E-state index contributed by atoms with van der Waals surface area (Å²) in [6, 6.07) is 8.47. The lowest BCUT2D eigenvalue weighted by Crippen LogP contribution is -2.59. The van der Waals surface area contributed by atoms with Crippen LogP contribution in [-0.4, -0.2) is 86.1 Å². The molecule has 50 heavy (non-hydrogen) atoms. The van der Waals surface area contributed by atoms with Gasteiger partial charge in [0.1, 0.15) is 11.1 Å². The molecule has 2 amide bonds. The van der Waals surface area contributed by atoms with Gasteiger partial charge in [0.15, 0.2) is 5.15 Å². The quantitative estimate of drug-likeness (QED) is 0.250. The number of anilines is 1. The van der Waals surface area contributed by atoms with Gasteiger partial charge in [0.05, 0.1) is 28.4 Å². The highest BCUT2D eigenvalue weighted by Gasteiger charge is 2.71. The van der Waals surface area contributed by atoms with Crippen LogP contribution in [0.15, 0.2) is 30.6 Å². The number of carbonyl (C=O) groups excluding carboxylic acids is 2. The van der Waals surface area contributed by atoms with E-state index < -0.39 is 22.4 Å². The molecule has 2 saturated heterocycles. The third-order valence-corrected chi connectivity index (χ3v) is 12.6. The highest BCUT2D eigenvalue weighted by molar-refractivity contribution is 6.34. The molecular weight excluding hydrogens is 662 g/mol. The average molecular weight is 709 g/mol. The van der Waals surface area contributed by atoms with Crippen molar-refractivity contribution in [3.63, 3.8) is 0 Å². The van der Waals surface area contributed by atoms with E-state index in [4.69, 9.17) is 21.3 Å². The molecule has 1 unspecified atom stereocenters. The van der Waals surface area contributed by atoms with Gasteiger partial charge in [0, 0.05) is 55.4 Å². The number of rotatable bonds is 5. The van der Waals surface area contributed by atoms with Crippen LogP contribution >= 0.6 is 11.6 Å². The van der Waals surface area contributed by atoms with Crippen LogP contribution in [0.2, 0.25) is 5.15 Å². The molecule has 3 aliphatic heterocycles. The fourth-order valence-corrected chi connectivity index (χ4v) is 9.34. The number of hydrogen-bond donors (Lipinski definition) is 0. The van der Waals surface area contributed by atoms with Gasteiger partial charge in [-0.05, 0) is 96.9 Å². The Morgan fingerprint density at radius 1 is 1.10 bits per heavy atom. The Labute approximate surface area is 297 Å². The molecule has 2 aliphatic carbocycles. The Balaban J connectivity index is 1.10. The predicted octanol–water partition coefficient (Wildman–Crippen LogP) is 7.99. The molecular formula is C38H47ClF2N6O3. The molecule has 2 aromatic heterocycles. The van der Waals surface area contributed by atoms with Gasteiger partial charge in [-0.2, -0.15) is 0 Å². The smallest absolute Gasteiger partial charge is 0.410 e. The standard InChI is InChI=1S/C38H47ClF2N6O3/c1-6-23(2)46-22-42-29-19-28(43-32(39)31(29)46)24-8-9-27-30(16-24)47(26-17-25(18-26)45-13-7-10-36(21-45)20-38(36,40)41)33(48)37(27)11-14-44(15-12-37)34(49)50-35(3,4)5/h8-9,16,19,22-23,25-26H,6-7,10-15,17-18,20-21H2,1-5H3/t23-,25?,26?,36?/m0/s1. The first-order chi connectivity index (χ1) is 23.7. The maximum absolute atomic E-state index is 14.8. The van der Waals surface area contributed by atoms with Gasteiger partial charge >= 0.3 is 6.09 Å². The molecule has 12 heteroatoms. The minimum atomic E-state index is -2.55. The highest BCUT2D eigenvalue weighted by atomic mass is 35.5. The fourth-order valence-electron chi connectivity index (χ4n) is 9.06. The number of hydrogen-bond acceptors (Lipinski definition) is 6. The molecule has 0 bridgehead atoms. The summed E-state index contributed by atoms with van der Waals surface area (Å²) in [5, 5.41) is 0.386. The van der Waals surface area contributed by atoms with Gasteiger partial charge in [-0.1, -0.05) is 30.7 Å². The van der Waals surface area contributed by atoms with Crippen LogP contribution in [0, 0.1) is 5.41 Å². The zero-order valence-electron chi connectivity index (χ0n) is 29.6. The van der Waals surface area contributed by atoms with Crippen molar-refractivity contribution < 1.29 is 23.1 Å². The van der Waals surface area contributed by atoms with Crippen LogP contribution in [0.25, 0.3) is 22.3 Å². The second kappa shape index (κ2) is 11.6. The molecule has 5 aliphatic rings. The van der Waals surface area contributed by atoms with E-state index in [-0.39, 0.29) is 36.5 Å². The van der Waals surface area contributed by atoms with Crippen molar-refractivity contribution in [2.45, 2.75) is 121 Å². The summed E-state index contributed by atoms with van der Waals surface area (Å²) in [4.78, 5) is 43.1. The Bertz CT molecular complexity index is 1860. The number of amides is 2. The van der Waals surface area contributed by atoms with E-state index in [9.17, 15) is 18.4 Å². The topological polar surface area (TPSA) is 83.8 Å². The molecule has 2 spiro atoms. The van der Waals surface area contributed by atoms with E-state index in [0.29, 0.717) is 49.7 Å². The van der Waals surface area contributed by atoms with Crippen LogP contribution in [0.5, 0.6) is 0 Å². The Morgan fingerprint density at radius 2 is 1.82 bits per heavy atom. The normalized spacial score (nSPS) is 27.9. The first-order valence-corrected chi connectivity index (χ1v) is 18.6. The monoisotopic (exact) mass is 708 g/mol. The number of nitrogens with zero attached hydrogens (tertiary/aromatic N) is 6. The summed E-state index contributed by atoms with van der Waals surface area (Å²) in [6.45, 7) is 11.9. The zero-order valence-corrected chi connectivity index (χ0v) is 30.4. The zero-order chi connectivity index (χ0) is 35.4. The molecule has 4 fully saturated rings. The minimum absolute atomic E-state index is 0.00202. The van der Waals surface area contributed by atoms with Crippen molar-refractivity contribution in [1.29, 1.82) is 0 Å². The molecule has 8 rings (SSSR count). The number of piperidine rings is 2. The molecule has 0 N–H and O–H groups in total. The molecule has 0 radical (unpaired) electrons. The number of carbonyl (C=O) groups is 2. The molecule has 2 saturated carbocycles. The third-order valence-electron chi connectivity index (χ3n) is 12.3. The number of alkyl halides is 2. The van der Waals surface area contributed by atoms with Crippen LogP contribution in [0.1, 0.15) is 97.6 Å². The van der Waals surface area contributed by atoms with Crippen molar-refractivity contribution in [3.05, 3.63) is 41.3 Å². The number of pyridine rings is 1. The van der Waals surface area contributed by atoms with Crippen molar-refractivity contribution in [1.82, 2.24) is 24.3 Å². The molecule has 268 valence electrons. The molecule has 2 atom stereocenters. The van der Waals surface area contributed by atoms with E-state index in [1.165, 1.54) is 0 Å². The van der Waals surface area contributed by atoms with E-state index in [1.807, 2.05) is 44.1 Å². The summed E-state index contributed by atoms with van der Waals surface area (Å²) in [7, 11) is 0. The summed E-state index contributed by atoms with van der Waals surface area (Å²) < 4.78 is 36.4. The number of halogens is 3. The summed E-state index contributed by atoms with van der Waals surface area (Å²) in [5.41, 5.74) is 2.73. The third kappa shape index (κ3) is 5.31. The molecule has 5 heterocycles. The first kappa shape index (κ1) is 33.8. The van der Waals surface area contributed by atoms with Gasteiger partial charge in [0.25, 0.3) is 5.92 Å². The van der Waals surface area contributed by atoms with Crippen molar-refractivity contribution in [2.75, 3.05) is 31.1 Å². The number of imidazole rings is 1. The summed E-state index contributed by atoms with van der Waals surface area (Å²) in [5.74, 6) is -2.49. The Morgan fingerprint density at radius 3 is 2.48 bits per heavy atom. The molecule has 3 aromatic rings. The van der Waals surface area contributed by atoms with Crippen LogP contribution in [0.3, 0.4) is 0 Å². The van der Waals surface area contributed by atoms with Crippen molar-refractivity contribution in [2.24, 2.45) is 5.41 Å². The van der Waals surface area contributed by atoms with Gasteiger partial charge in [-0.15, -0.1) is 0 Å². The van der Waals surface area contributed by atoms with E-state index in [1.54, 1.807) is 4.90 Å². The minimum Gasteiger partial charge on any atom is -0.444 e. The van der Waals surface area contributed by atoms with Gasteiger partial charge in [-0.3, -0.25) is 9.69 Å². The number of fused-ring (bicyclic) bond motifs is 3. The number of benzene rings is 1. The van der Waals surface area contributed by atoms with Gasteiger partial charge < -0.3 is 19.1 Å². The second-order valence-corrected chi connectivity index (χ2v) is 16.9. The van der Waals surface area contributed by atoms with Crippen molar-refractivity contribution in [3.8, 4) is 11.3 Å². The molecule has 1 aromatic carbocycles. The second-order valence-electron chi connectivity index (χ2n) is 16.5. The molecule has 9 nitrogen and oxygen atoms in total. The van der Waals surface area contributed by atoms with Crippen molar-refractivity contribution >= 4 is 40.3 Å². The van der Waals surface area contributed by atoms with E-state index in [2.05, 4.69) is 40.4 Å². The maximum atomic E-state index is 14.8. The lowest BCUT2D eigenvalue weighted by atomic mass is 9.73. The highest BCUT2D eigenvalue weighted by Crippen LogP contribution is 2.65. The number of aromatic nitrogens is 3. The average Bonchev–Trinajstić information content (AvgIpc) is 3.30. The SMILES string of the molecule is CC[C@H](C)n1cnc2cc(-c3ccc4c(c3)N(C3CC(N5CCCC6(C5)CC6(F)F)C3)C(=O)C43CCN(C(=O)OC(C)(C)C)CC3)nc(Cl)c21. The summed E-state index contributed by atoms with van der Waals surface area (Å²) >= 11 is 6.81. The van der Waals surface area contributed by atoms with E-state index >= 15 is 0 Å². The summed E-state index contributed by atoms with van der Waals surface area (Å²) in [6.07, 6.45) is 6.26. The lowest BCUT2D eigenvalue weighted by molar-refractivity contribution is -0.126. The lowest BCUT2D eigenvalue weighted by Gasteiger charge is -2.49.